The van der Waals surface area contributed by atoms with Crippen LogP contribution in [0.1, 0.15) is 21.6 Å². The van der Waals surface area contributed by atoms with Crippen LogP contribution < -0.4 is 15.1 Å². The topological polar surface area (TPSA) is 74.2 Å². The lowest BCUT2D eigenvalue weighted by Crippen LogP contribution is -2.47. The highest BCUT2D eigenvalue weighted by Crippen LogP contribution is 2.21. The average molecular weight is 388 g/mol. The Morgan fingerprint density at radius 3 is 2.14 bits per heavy atom. The quantitative estimate of drug-likeness (QED) is 0.740. The summed E-state index contributed by atoms with van der Waals surface area (Å²) in [5.74, 6) is 0.573. The number of carbonyl (C=O) groups is 1. The molecule has 4 rings (SSSR count). The van der Waals surface area contributed by atoms with E-state index in [0.717, 1.165) is 54.6 Å². The Morgan fingerprint density at radius 2 is 1.52 bits per heavy atom. The summed E-state index contributed by atoms with van der Waals surface area (Å²) in [7, 11) is 0. The Hall–Kier alpha value is -3.48. The lowest BCUT2D eigenvalue weighted by molar-refractivity contribution is 0.102. The summed E-state index contributed by atoms with van der Waals surface area (Å²) in [6.45, 7) is 7.37. The number of para-hydroxylation sites is 1. The number of nitrogens with one attached hydrogen (secondary N) is 1. The summed E-state index contributed by atoms with van der Waals surface area (Å²) < 4.78 is 0. The molecule has 1 amide bonds. The number of amides is 1. The van der Waals surface area contributed by atoms with Gasteiger partial charge in [-0.1, -0.05) is 18.2 Å². The number of piperazine rings is 1. The Morgan fingerprint density at radius 1 is 0.862 bits per heavy atom. The van der Waals surface area contributed by atoms with Gasteiger partial charge in [-0.3, -0.25) is 4.79 Å². The molecule has 1 fully saturated rings. The normalized spacial score (nSPS) is 14.0. The minimum atomic E-state index is -0.194. The van der Waals surface area contributed by atoms with Gasteiger partial charge in [-0.05, 0) is 43.2 Å². The molecule has 7 nitrogen and oxygen atoms in total. The van der Waals surface area contributed by atoms with Crippen LogP contribution in [0, 0.1) is 13.8 Å². The van der Waals surface area contributed by atoms with Gasteiger partial charge in [0.1, 0.15) is 5.69 Å². The van der Waals surface area contributed by atoms with Crippen LogP contribution in [-0.2, 0) is 0 Å². The van der Waals surface area contributed by atoms with Crippen LogP contribution in [0.15, 0.2) is 55.0 Å². The molecule has 1 aliphatic rings. The third kappa shape index (κ3) is 4.18. The van der Waals surface area contributed by atoms with Crippen molar-refractivity contribution in [1.82, 2.24) is 15.0 Å². The Bertz CT molecular complexity index is 962. The van der Waals surface area contributed by atoms with E-state index in [1.165, 1.54) is 0 Å². The molecular formula is C22H24N6O. The zero-order valence-electron chi connectivity index (χ0n) is 16.7. The number of rotatable bonds is 4. The highest BCUT2D eigenvalue weighted by Gasteiger charge is 2.19. The molecule has 0 spiro atoms. The standard InChI is InChI=1S/C22H24N6O/c1-16-5-3-6-17(2)20(16)26-21(29)19-8-7-18(15-25-19)27-11-13-28(14-12-27)22-23-9-4-10-24-22/h3-10,15H,11-14H2,1-2H3,(H,26,29). The lowest BCUT2D eigenvalue weighted by atomic mass is 10.1. The van der Waals surface area contributed by atoms with Crippen molar-refractivity contribution in [2.45, 2.75) is 13.8 Å². The van der Waals surface area contributed by atoms with Crippen molar-refractivity contribution in [3.05, 3.63) is 71.8 Å². The molecule has 1 saturated heterocycles. The average Bonchev–Trinajstić information content (AvgIpc) is 2.77. The van der Waals surface area contributed by atoms with Gasteiger partial charge in [-0.25, -0.2) is 15.0 Å². The van der Waals surface area contributed by atoms with Gasteiger partial charge in [0.05, 0.1) is 11.9 Å². The molecule has 0 bridgehead atoms. The first kappa shape index (κ1) is 18.9. The second-order valence-corrected chi connectivity index (χ2v) is 7.15. The summed E-state index contributed by atoms with van der Waals surface area (Å²) in [6.07, 6.45) is 5.30. The molecule has 1 N–H and O–H groups in total. The SMILES string of the molecule is Cc1cccc(C)c1NC(=O)c1ccc(N2CCN(c3ncccn3)CC2)cn1. The number of aromatic nitrogens is 3. The van der Waals surface area contributed by atoms with Gasteiger partial charge in [0.25, 0.3) is 5.91 Å². The van der Waals surface area contributed by atoms with E-state index in [2.05, 4.69) is 30.1 Å². The monoisotopic (exact) mass is 388 g/mol. The van der Waals surface area contributed by atoms with Gasteiger partial charge in [0.2, 0.25) is 5.95 Å². The Kier molecular flexibility index (Phi) is 5.37. The summed E-state index contributed by atoms with van der Waals surface area (Å²) in [5, 5.41) is 2.98. The molecule has 0 radical (unpaired) electrons. The maximum atomic E-state index is 12.6. The minimum absolute atomic E-state index is 0.194. The predicted octanol–water partition coefficient (Wildman–Crippen LogP) is 3.07. The highest BCUT2D eigenvalue weighted by atomic mass is 16.1. The van der Waals surface area contributed by atoms with E-state index in [-0.39, 0.29) is 5.91 Å². The zero-order valence-corrected chi connectivity index (χ0v) is 16.7. The first-order valence-corrected chi connectivity index (χ1v) is 9.72. The molecule has 0 aliphatic carbocycles. The predicted molar refractivity (Wildman–Crippen MR) is 115 cm³/mol. The third-order valence-electron chi connectivity index (χ3n) is 5.18. The maximum absolute atomic E-state index is 12.6. The number of hydrogen-bond acceptors (Lipinski definition) is 6. The van der Waals surface area contributed by atoms with E-state index < -0.39 is 0 Å². The van der Waals surface area contributed by atoms with Gasteiger partial charge in [0.15, 0.2) is 0 Å². The van der Waals surface area contributed by atoms with Crippen molar-refractivity contribution >= 4 is 23.2 Å². The van der Waals surface area contributed by atoms with Crippen molar-refractivity contribution in [1.29, 1.82) is 0 Å². The van der Waals surface area contributed by atoms with Crippen LogP contribution in [0.2, 0.25) is 0 Å². The lowest BCUT2D eigenvalue weighted by Gasteiger charge is -2.35. The minimum Gasteiger partial charge on any atom is -0.367 e. The van der Waals surface area contributed by atoms with Gasteiger partial charge >= 0.3 is 0 Å². The first-order valence-electron chi connectivity index (χ1n) is 9.72. The van der Waals surface area contributed by atoms with Crippen LogP contribution in [-0.4, -0.2) is 47.0 Å². The molecule has 0 unspecified atom stereocenters. The summed E-state index contributed by atoms with van der Waals surface area (Å²) in [5.41, 5.74) is 4.35. The number of pyridine rings is 1. The fourth-order valence-electron chi connectivity index (χ4n) is 3.52. The van der Waals surface area contributed by atoms with Gasteiger partial charge in [0, 0.05) is 44.3 Å². The second kappa shape index (κ2) is 8.26. The summed E-state index contributed by atoms with van der Waals surface area (Å²) >= 11 is 0. The van der Waals surface area contributed by atoms with Crippen molar-refractivity contribution in [2.75, 3.05) is 41.3 Å². The van der Waals surface area contributed by atoms with E-state index in [1.54, 1.807) is 24.7 Å². The molecule has 0 saturated carbocycles. The number of aryl methyl sites for hydroxylation is 2. The van der Waals surface area contributed by atoms with E-state index in [9.17, 15) is 4.79 Å². The smallest absolute Gasteiger partial charge is 0.274 e. The summed E-state index contributed by atoms with van der Waals surface area (Å²) in [6, 6.07) is 11.5. The van der Waals surface area contributed by atoms with E-state index in [4.69, 9.17) is 0 Å². The third-order valence-corrected chi connectivity index (χ3v) is 5.18. The van der Waals surface area contributed by atoms with Gasteiger partial charge < -0.3 is 15.1 Å². The van der Waals surface area contributed by atoms with Gasteiger partial charge in [-0.15, -0.1) is 0 Å². The van der Waals surface area contributed by atoms with E-state index in [0.29, 0.717) is 5.69 Å². The maximum Gasteiger partial charge on any atom is 0.274 e. The molecule has 148 valence electrons. The van der Waals surface area contributed by atoms with Crippen LogP contribution in [0.3, 0.4) is 0 Å². The second-order valence-electron chi connectivity index (χ2n) is 7.15. The number of anilines is 3. The molecular weight excluding hydrogens is 364 g/mol. The molecule has 0 atom stereocenters. The fourth-order valence-corrected chi connectivity index (χ4v) is 3.52. The molecule has 29 heavy (non-hydrogen) atoms. The van der Waals surface area contributed by atoms with Crippen molar-refractivity contribution < 1.29 is 4.79 Å². The van der Waals surface area contributed by atoms with Crippen LogP contribution in [0.5, 0.6) is 0 Å². The Balaban J connectivity index is 1.39. The Labute approximate surface area is 170 Å². The largest absolute Gasteiger partial charge is 0.367 e. The number of hydrogen-bond donors (Lipinski definition) is 1. The number of nitrogens with zero attached hydrogens (tertiary/aromatic N) is 5. The van der Waals surface area contributed by atoms with Crippen LogP contribution in [0.4, 0.5) is 17.3 Å². The van der Waals surface area contributed by atoms with Crippen LogP contribution in [0.25, 0.3) is 0 Å². The summed E-state index contributed by atoms with van der Waals surface area (Å²) in [4.78, 5) is 30.1. The molecule has 3 aromatic rings. The molecule has 3 heterocycles. The van der Waals surface area contributed by atoms with Crippen molar-refractivity contribution in [2.24, 2.45) is 0 Å². The van der Waals surface area contributed by atoms with E-state index in [1.807, 2.05) is 44.2 Å². The number of benzene rings is 1. The van der Waals surface area contributed by atoms with Crippen molar-refractivity contribution in [3.8, 4) is 0 Å². The van der Waals surface area contributed by atoms with Crippen LogP contribution >= 0.6 is 0 Å². The van der Waals surface area contributed by atoms with E-state index >= 15 is 0 Å². The van der Waals surface area contributed by atoms with Crippen molar-refractivity contribution in [3.63, 3.8) is 0 Å². The number of carbonyl (C=O) groups excluding carboxylic acids is 1. The molecule has 1 aliphatic heterocycles. The molecule has 7 heteroatoms. The van der Waals surface area contributed by atoms with Gasteiger partial charge in [-0.2, -0.15) is 0 Å². The first-order chi connectivity index (χ1) is 14.1. The zero-order chi connectivity index (χ0) is 20.2. The molecule has 2 aromatic heterocycles. The molecule has 1 aromatic carbocycles. The fraction of sp³-hybridized carbons (Fsp3) is 0.273. The highest BCUT2D eigenvalue weighted by molar-refractivity contribution is 6.03.